The number of hydrogen-bond acceptors (Lipinski definition) is 1. The van der Waals surface area contributed by atoms with Gasteiger partial charge < -0.3 is 9.47 Å². The van der Waals surface area contributed by atoms with Crippen LogP contribution in [0.2, 0.25) is 0 Å². The number of nitrogens with zero attached hydrogens (tertiary/aromatic N) is 2. The van der Waals surface area contributed by atoms with Gasteiger partial charge in [0.2, 0.25) is 0 Å². The first-order valence-electron chi connectivity index (χ1n) is 23.5. The van der Waals surface area contributed by atoms with Gasteiger partial charge in [-0.25, -0.2) is 0 Å². The summed E-state index contributed by atoms with van der Waals surface area (Å²) in [5.41, 5.74) is 10.2. The highest BCUT2D eigenvalue weighted by Crippen LogP contribution is 2.43. The zero-order chi connectivity index (χ0) is 45.0. The average Bonchev–Trinajstić information content (AvgIpc) is 3.68. The molecule has 0 saturated heterocycles. The van der Waals surface area contributed by atoms with Crippen molar-refractivity contribution in [3.63, 3.8) is 0 Å². The molecule has 0 atom stereocenters. The second-order valence-corrected chi connectivity index (χ2v) is 28.0. The van der Waals surface area contributed by atoms with E-state index in [-0.39, 0.29) is 10.8 Å². The summed E-state index contributed by atoms with van der Waals surface area (Å²) < 4.78 is 2.59. The van der Waals surface area contributed by atoms with Crippen molar-refractivity contribution in [2.24, 2.45) is 0 Å². The van der Waals surface area contributed by atoms with Crippen LogP contribution in [-0.2, 0) is 10.8 Å². The third kappa shape index (κ3) is 5.71. The predicted octanol–water partition coefficient (Wildman–Crippen LogP) is 10.2. The van der Waals surface area contributed by atoms with Crippen molar-refractivity contribution in [3.05, 3.63) is 230 Å². The predicted molar refractivity (Wildman–Crippen MR) is 287 cm³/mol. The Morgan fingerprint density at radius 3 is 1.18 bits per heavy atom. The Morgan fingerprint density at radius 2 is 0.727 bits per heavy atom. The molecule has 0 unspecified atom stereocenters. The minimum absolute atomic E-state index is 0.00825. The van der Waals surface area contributed by atoms with Crippen molar-refractivity contribution < 1.29 is 0 Å². The van der Waals surface area contributed by atoms with Crippen LogP contribution in [0.5, 0.6) is 0 Å². The van der Waals surface area contributed by atoms with E-state index in [0.717, 1.165) is 0 Å². The first kappa shape index (κ1) is 40.5. The van der Waals surface area contributed by atoms with Crippen LogP contribution < -0.4 is 46.4 Å². The van der Waals surface area contributed by atoms with Crippen LogP contribution in [0.3, 0.4) is 0 Å². The van der Waals surface area contributed by atoms with Crippen LogP contribution >= 0.6 is 0 Å². The van der Waals surface area contributed by atoms with E-state index in [9.17, 15) is 0 Å². The highest BCUT2D eigenvalue weighted by molar-refractivity contribution is 7.24. The Balaban J connectivity index is 1.25. The van der Waals surface area contributed by atoms with Gasteiger partial charge in [0.25, 0.3) is 0 Å². The molecule has 2 nitrogen and oxygen atoms in total. The zero-order valence-electron chi connectivity index (χ0n) is 38.7. The highest BCUT2D eigenvalue weighted by Gasteiger charge is 2.56. The molecule has 3 heterocycles. The van der Waals surface area contributed by atoms with Gasteiger partial charge in [-0.3, -0.25) is 0 Å². The van der Waals surface area contributed by atoms with Crippen LogP contribution in [0.25, 0.3) is 27.5 Å². The molecular formula is C62H54N2Si2. The van der Waals surface area contributed by atoms with E-state index in [4.69, 9.17) is 0 Å². The molecular weight excluding hydrogens is 829 g/mol. The molecule has 10 aromatic rings. The lowest BCUT2D eigenvalue weighted by Crippen LogP contribution is -2.82. The molecule has 4 heteroatoms. The molecule has 1 aromatic heterocycles. The second-order valence-electron chi connectivity index (χ2n) is 20.5. The minimum Gasteiger partial charge on any atom is -0.311 e. The minimum atomic E-state index is -3.11. The van der Waals surface area contributed by atoms with E-state index in [1.807, 2.05) is 0 Å². The molecule has 0 aliphatic carbocycles. The Labute approximate surface area is 391 Å². The maximum Gasteiger partial charge on any atom is 0.184 e. The van der Waals surface area contributed by atoms with Crippen molar-refractivity contribution in [3.8, 4) is 5.69 Å². The molecule has 0 radical (unpaired) electrons. The van der Waals surface area contributed by atoms with Crippen LogP contribution in [0.4, 0.5) is 17.1 Å². The van der Waals surface area contributed by atoms with Crippen molar-refractivity contribution in [1.29, 1.82) is 0 Å². The van der Waals surface area contributed by atoms with Crippen molar-refractivity contribution in [2.45, 2.75) is 52.4 Å². The molecule has 12 rings (SSSR count). The molecule has 2 aliphatic rings. The fraction of sp³-hybridized carbons (Fsp3) is 0.129. The van der Waals surface area contributed by atoms with Gasteiger partial charge >= 0.3 is 0 Å². The first-order valence-corrected chi connectivity index (χ1v) is 27.5. The summed E-state index contributed by atoms with van der Waals surface area (Å²) in [5.74, 6) is 0. The number of aromatic nitrogens is 1. The van der Waals surface area contributed by atoms with Gasteiger partial charge in [0.05, 0.1) is 11.0 Å². The van der Waals surface area contributed by atoms with Crippen LogP contribution in [0, 0.1) is 0 Å². The molecule has 0 amide bonds. The van der Waals surface area contributed by atoms with Crippen molar-refractivity contribution in [1.82, 2.24) is 4.57 Å². The van der Waals surface area contributed by atoms with Gasteiger partial charge in [0.15, 0.2) is 16.1 Å². The third-order valence-corrected chi connectivity index (χ3v) is 24.5. The monoisotopic (exact) mass is 882 g/mol. The molecule has 0 saturated carbocycles. The Kier molecular flexibility index (Phi) is 9.06. The summed E-state index contributed by atoms with van der Waals surface area (Å²) in [7, 11) is -6.01. The highest BCUT2D eigenvalue weighted by atomic mass is 28.3. The van der Waals surface area contributed by atoms with E-state index >= 15 is 0 Å². The summed E-state index contributed by atoms with van der Waals surface area (Å²) in [6, 6.07) is 84.6. The maximum atomic E-state index is 2.68. The summed E-state index contributed by atoms with van der Waals surface area (Å²) in [6.45, 7) is 14.0. The van der Waals surface area contributed by atoms with Crippen molar-refractivity contribution in [2.75, 3.05) is 4.90 Å². The van der Waals surface area contributed by atoms with Crippen molar-refractivity contribution >= 4 is 96.5 Å². The quantitative estimate of drug-likeness (QED) is 0.156. The average molecular weight is 883 g/mol. The van der Waals surface area contributed by atoms with E-state index in [2.05, 4.69) is 269 Å². The van der Waals surface area contributed by atoms with Crippen LogP contribution in [0.1, 0.15) is 52.7 Å². The largest absolute Gasteiger partial charge is 0.311 e. The third-order valence-electron chi connectivity index (χ3n) is 14.8. The van der Waals surface area contributed by atoms with Gasteiger partial charge in [-0.2, -0.15) is 0 Å². The summed E-state index contributed by atoms with van der Waals surface area (Å²) >= 11 is 0. The van der Waals surface area contributed by atoms with E-state index < -0.39 is 16.1 Å². The fourth-order valence-corrected chi connectivity index (χ4v) is 22.1. The molecule has 0 bridgehead atoms. The summed E-state index contributed by atoms with van der Waals surface area (Å²) in [5, 5.41) is 13.9. The standard InChI is InChI=1S/C62H54N2Si2/c1-61(2,3)43-34-37-50-51-38-35-44(62(4,5)6)41-55(51)63(54(50)40-43)45-36-39-53-59(42-45)66(48-26-15-9-16-27-48,49-28-17-10-18-29-49)58-33-21-32-57-60(58)64(53)52-30-19-20-31-56(52)65(57,46-22-11-7-12-23-46)47-24-13-8-14-25-47/h7-42H,1-6H3. The Bertz CT molecular complexity index is 3340. The molecule has 2 aliphatic heterocycles. The normalized spacial score (nSPS) is 14.7. The van der Waals surface area contributed by atoms with E-state index in [1.54, 1.807) is 0 Å². The Morgan fingerprint density at radius 1 is 0.333 bits per heavy atom. The molecule has 0 spiro atoms. The van der Waals surface area contributed by atoms with Gasteiger partial charge in [-0.05, 0) is 99.8 Å². The van der Waals surface area contributed by atoms with Crippen LogP contribution in [-0.4, -0.2) is 20.7 Å². The summed E-state index contributed by atoms with van der Waals surface area (Å²) in [6.07, 6.45) is 0. The molecule has 9 aromatic carbocycles. The number of fused-ring (bicyclic) bond motifs is 7. The van der Waals surface area contributed by atoms with Crippen LogP contribution in [0.15, 0.2) is 218 Å². The van der Waals surface area contributed by atoms with Gasteiger partial charge in [0.1, 0.15) is 0 Å². The van der Waals surface area contributed by atoms with Gasteiger partial charge in [0, 0.05) is 33.5 Å². The maximum absolute atomic E-state index is 3.11. The molecule has 0 N–H and O–H groups in total. The fourth-order valence-electron chi connectivity index (χ4n) is 11.8. The number of para-hydroxylation sites is 2. The SMILES string of the molecule is CC(C)(C)c1ccc2c3ccc(C(C)(C)C)cc3n(-c3ccc4c(c3)[Si](c3ccccc3)(c3ccccc3)c3cccc5c3N4c3ccccc3[Si]5(c3ccccc3)c3ccccc3)c2c1. The second kappa shape index (κ2) is 14.8. The lowest BCUT2D eigenvalue weighted by Gasteiger charge is -2.52. The number of rotatable bonds is 5. The first-order chi connectivity index (χ1) is 32.0. The van der Waals surface area contributed by atoms with Gasteiger partial charge in [-0.1, -0.05) is 224 Å². The summed E-state index contributed by atoms with van der Waals surface area (Å²) in [4.78, 5) is 2.68. The van der Waals surface area contributed by atoms with E-state index in [0.29, 0.717) is 0 Å². The Hall–Kier alpha value is -6.99. The molecule has 66 heavy (non-hydrogen) atoms. The molecule has 0 fully saturated rings. The lowest BCUT2D eigenvalue weighted by atomic mass is 9.86. The number of anilines is 3. The number of hydrogen-bond donors (Lipinski definition) is 0. The van der Waals surface area contributed by atoms with E-state index in [1.165, 1.54) is 97.2 Å². The smallest absolute Gasteiger partial charge is 0.184 e. The van der Waals surface area contributed by atoms with Gasteiger partial charge in [-0.15, -0.1) is 0 Å². The topological polar surface area (TPSA) is 8.17 Å². The number of benzene rings is 9. The lowest BCUT2D eigenvalue weighted by molar-refractivity contribution is 0.591. The zero-order valence-corrected chi connectivity index (χ0v) is 40.7. The molecule has 320 valence electrons.